The number of H-pyrrole nitrogens is 1. The molecule has 12 amide bonds. The molecule has 9 atom stereocenters. The molecule has 2 aliphatic rings. The molecule has 0 unspecified atom stereocenters. The first kappa shape index (κ1) is 91.6. The zero-order valence-corrected chi connectivity index (χ0v) is 66.8. The van der Waals surface area contributed by atoms with Gasteiger partial charge in [0.25, 0.3) is 0 Å². The van der Waals surface area contributed by atoms with Crippen LogP contribution in [0.15, 0.2) is 121 Å². The Labute approximate surface area is 687 Å². The molecule has 2 fully saturated rings. The summed E-state index contributed by atoms with van der Waals surface area (Å²) in [5.74, 6) is -13.4. The molecule has 3 heterocycles. The van der Waals surface area contributed by atoms with Crippen LogP contribution >= 0.6 is 33.2 Å². The van der Waals surface area contributed by atoms with Crippen LogP contribution in [-0.4, -0.2) is 286 Å². The van der Waals surface area contributed by atoms with Gasteiger partial charge >= 0.3 is 23.9 Å². The normalized spacial score (nSPS) is 20.0. The zero-order chi connectivity index (χ0) is 84.7. The third-order valence-corrected chi connectivity index (χ3v) is 22.1. The van der Waals surface area contributed by atoms with Gasteiger partial charge in [0.2, 0.25) is 59.1 Å². The molecular formula is C78H101ClN18O18S2. The van der Waals surface area contributed by atoms with Gasteiger partial charge in [-0.25, -0.2) is 4.79 Å². The summed E-state index contributed by atoms with van der Waals surface area (Å²) in [5.41, 5.74) is 20.2. The number of urea groups is 1. The van der Waals surface area contributed by atoms with E-state index in [1.165, 1.54) is 31.2 Å². The molecule has 2 aliphatic heterocycles. The first-order valence-corrected chi connectivity index (χ1v) is 40.9. The summed E-state index contributed by atoms with van der Waals surface area (Å²) in [6.07, 6.45) is -0.860. The van der Waals surface area contributed by atoms with Gasteiger partial charge in [0.05, 0.1) is 32.3 Å². The van der Waals surface area contributed by atoms with E-state index >= 15 is 19.2 Å². The van der Waals surface area contributed by atoms with Crippen molar-refractivity contribution in [1.82, 2.24) is 72.4 Å². The van der Waals surface area contributed by atoms with Gasteiger partial charge in [0.15, 0.2) is 0 Å². The minimum absolute atomic E-state index is 0.0853. The van der Waals surface area contributed by atoms with Crippen molar-refractivity contribution in [2.45, 2.75) is 113 Å². The van der Waals surface area contributed by atoms with E-state index in [1.54, 1.807) is 80.4 Å². The van der Waals surface area contributed by atoms with Crippen LogP contribution in [-0.2, 0) is 88.0 Å². The number of carbonyl (C=O) groups excluding carboxylic acids is 11. The summed E-state index contributed by atoms with van der Waals surface area (Å²) >= 11 is 6.31. The molecule has 8 rings (SSSR count). The van der Waals surface area contributed by atoms with Gasteiger partial charge in [-0.15, -0.1) is 0 Å². The number of halogens is 1. The second-order valence-electron chi connectivity index (χ2n) is 28.5. The van der Waals surface area contributed by atoms with Crippen molar-refractivity contribution in [2.24, 2.45) is 17.2 Å². The number of hydrogen-bond donors (Lipinski definition) is 18. The lowest BCUT2D eigenvalue weighted by Crippen LogP contribution is -2.62. The van der Waals surface area contributed by atoms with Crippen LogP contribution in [0.4, 0.5) is 10.5 Å². The lowest BCUT2D eigenvalue weighted by atomic mass is 10.0. The van der Waals surface area contributed by atoms with E-state index in [2.05, 4.69) is 58.2 Å². The molecule has 2 saturated heterocycles. The Morgan fingerprint density at radius 1 is 0.564 bits per heavy atom. The molecule has 630 valence electrons. The Hall–Kier alpha value is -11.0. The number of hydrogen-bond acceptors (Lipinski definition) is 22. The molecule has 5 aromatic carbocycles. The minimum atomic E-state index is -1.82. The molecule has 0 bridgehead atoms. The highest BCUT2D eigenvalue weighted by Gasteiger charge is 2.38. The summed E-state index contributed by atoms with van der Waals surface area (Å²) in [6.45, 7) is 0.701. The number of para-hydroxylation sites is 1. The average molecular weight is 1680 g/mol. The molecule has 1 aromatic heterocycles. The second-order valence-corrected chi connectivity index (χ2v) is 31.5. The largest absolute Gasteiger partial charge is 0.480 e. The van der Waals surface area contributed by atoms with E-state index in [-0.39, 0.29) is 123 Å². The van der Waals surface area contributed by atoms with Gasteiger partial charge in [-0.2, -0.15) is 0 Å². The number of aromatic nitrogens is 1. The number of nitrogens with one attached hydrogen (secondary N) is 11. The number of carbonyl (C=O) groups is 14. The van der Waals surface area contributed by atoms with Crippen LogP contribution < -0.4 is 70.4 Å². The number of nitrogens with two attached hydrogens (primary N) is 3. The van der Waals surface area contributed by atoms with Crippen molar-refractivity contribution in [1.29, 1.82) is 0 Å². The van der Waals surface area contributed by atoms with E-state index < -0.39 is 168 Å². The van der Waals surface area contributed by atoms with Gasteiger partial charge in [-0.05, 0) is 96.1 Å². The molecule has 0 spiro atoms. The molecule has 0 aliphatic carbocycles. The number of anilines is 1. The van der Waals surface area contributed by atoms with Crippen LogP contribution in [0.2, 0.25) is 5.02 Å². The van der Waals surface area contributed by atoms with Crippen LogP contribution in [0.5, 0.6) is 0 Å². The van der Waals surface area contributed by atoms with Crippen molar-refractivity contribution >= 4 is 144 Å². The number of aliphatic hydroxyl groups is 1. The minimum Gasteiger partial charge on any atom is -0.480 e. The number of carboxylic acids is 3. The predicted molar refractivity (Wildman–Crippen MR) is 439 cm³/mol. The van der Waals surface area contributed by atoms with Crippen LogP contribution in [0.3, 0.4) is 0 Å². The number of fused-ring (bicyclic) bond motifs is 2. The Balaban J connectivity index is 1.12. The number of aliphatic hydroxyl groups excluding tert-OH is 1. The molecule has 36 nitrogen and oxygen atoms in total. The maximum atomic E-state index is 15.5. The number of carboxylic acid groups (broad SMARTS) is 3. The van der Waals surface area contributed by atoms with E-state index in [0.717, 1.165) is 32.4 Å². The molecule has 0 saturated carbocycles. The lowest BCUT2D eigenvalue weighted by molar-refractivity contribution is -0.140. The molecule has 21 N–H and O–H groups in total. The molecule has 6 aromatic rings. The predicted octanol–water partition coefficient (Wildman–Crippen LogP) is -1.01. The average Bonchev–Trinajstić information content (AvgIpc) is 1.78. The topological polar surface area (TPSA) is 547 Å². The molecule has 117 heavy (non-hydrogen) atoms. The Morgan fingerprint density at radius 2 is 1.10 bits per heavy atom. The standard InChI is InChI=1S/C78H101ClN18O18S2/c1-46(98)69-77(114)92-63(75(112)88-58(70(81)107)37-49-13-18-50-8-2-3-9-51(50)34-49)45-117-116-44-62(76(113)89-60(36-48-16-21-54(22-17-48)85-78(82)115)73(110)90-61(38-52-39-84-56-11-5-4-10-55(52)56)74(111)87-57(71(108)93-69)12-6-7-24-80)91-72(109)59(35-47-14-19-53(79)20-15-47)86-64(99)23-25-83-65(100)40-94-26-28-95(41-66(101)102)30-32-97(43-68(105)106)33-31-96(29-27-94)42-67(103)104/h2-5,8-11,13-22,34,39,46,57-63,69,84,98H,6-7,12,23-33,35-38,40-45,80H2,1H3,(H2,81,107)(H,83,100)(H,86,99)(H,87,111)(H,88,112)(H,89,113)(H,90,110)(H,91,109)(H,92,114)(H,93,108)(H,101,102)(H,103,104)(H,105,106)(H3,82,85,115)/t46-,57+,58+,59+,60+,61-,62-,63+,69+/m1/s1. The smallest absolute Gasteiger partial charge is 0.317 e. The van der Waals surface area contributed by atoms with Crippen LogP contribution in [0.25, 0.3) is 21.7 Å². The molecule has 0 radical (unpaired) electrons. The maximum absolute atomic E-state index is 15.5. The molecule has 39 heteroatoms. The summed E-state index contributed by atoms with van der Waals surface area (Å²) in [4.78, 5) is 204. The van der Waals surface area contributed by atoms with E-state index in [1.807, 2.05) is 36.4 Å². The second kappa shape index (κ2) is 46.1. The number of primary amides is 2. The third kappa shape index (κ3) is 30.6. The van der Waals surface area contributed by atoms with Crippen molar-refractivity contribution in [3.05, 3.63) is 149 Å². The summed E-state index contributed by atoms with van der Waals surface area (Å²) in [6, 6.07) is 18.6. The number of benzene rings is 5. The van der Waals surface area contributed by atoms with Gasteiger partial charge < -0.3 is 95.8 Å². The third-order valence-electron chi connectivity index (χ3n) is 19.5. The number of aromatic amines is 1. The SMILES string of the molecule is C[C@@H](O)[C@@H]1NC(=O)[C@H](CCCCN)NC(=O)[C@@H](Cc2c[nH]c3ccccc23)NC(=O)[C@H](Cc2ccc(NC(N)=O)cc2)NC(=O)[C@H](NC(=O)[C@H](Cc2ccc(Cl)cc2)NC(=O)CCNC(=O)CN2CCN(CC(=O)O)CCN(CC(=O)O)CCN(CC(=O)O)CC2)CSSC[C@@H](C(=O)N[C@@H](Cc2ccc3ccccc3c2)C(N)=O)NC1=O. The van der Waals surface area contributed by atoms with Gasteiger partial charge in [0.1, 0.15) is 48.3 Å². The van der Waals surface area contributed by atoms with Crippen LogP contribution in [0, 0.1) is 0 Å². The van der Waals surface area contributed by atoms with E-state index in [0.29, 0.717) is 44.6 Å². The maximum Gasteiger partial charge on any atom is 0.317 e. The van der Waals surface area contributed by atoms with E-state index in [4.69, 9.17) is 28.8 Å². The first-order valence-electron chi connectivity index (χ1n) is 38.0. The summed E-state index contributed by atoms with van der Waals surface area (Å²) < 4.78 is 0. The van der Waals surface area contributed by atoms with E-state index in [9.17, 15) is 68.4 Å². The highest BCUT2D eigenvalue weighted by Crippen LogP contribution is 2.26. The number of unbranched alkanes of at least 4 members (excludes halogenated alkanes) is 1. The van der Waals surface area contributed by atoms with Gasteiger partial charge in [-0.3, -0.25) is 81.9 Å². The van der Waals surface area contributed by atoms with Crippen molar-refractivity contribution in [3.63, 3.8) is 0 Å². The Bertz CT molecular complexity index is 4440. The van der Waals surface area contributed by atoms with Gasteiger partial charge in [0, 0.05) is 130 Å². The summed E-state index contributed by atoms with van der Waals surface area (Å²) in [7, 11) is 1.77. The van der Waals surface area contributed by atoms with Gasteiger partial charge in [-0.1, -0.05) is 118 Å². The number of amides is 12. The van der Waals surface area contributed by atoms with Crippen molar-refractivity contribution in [3.8, 4) is 0 Å². The first-order chi connectivity index (χ1) is 55.9. The fourth-order valence-electron chi connectivity index (χ4n) is 13.2. The highest BCUT2D eigenvalue weighted by atomic mass is 35.5. The zero-order valence-electron chi connectivity index (χ0n) is 64.4. The van der Waals surface area contributed by atoms with Crippen molar-refractivity contribution in [2.75, 3.05) is 108 Å². The Morgan fingerprint density at radius 3 is 1.70 bits per heavy atom. The monoisotopic (exact) mass is 1680 g/mol. The highest BCUT2D eigenvalue weighted by molar-refractivity contribution is 8.76. The quantitative estimate of drug-likeness (QED) is 0.0183. The fourth-order valence-corrected chi connectivity index (χ4v) is 15.7. The Kier molecular flexibility index (Phi) is 36.1. The fraction of sp³-hybridized carbons (Fsp3) is 0.436. The summed E-state index contributed by atoms with van der Waals surface area (Å²) in [5, 5.41) is 69.9. The lowest BCUT2D eigenvalue weighted by Gasteiger charge is -2.32. The number of nitrogens with zero attached hydrogens (tertiary/aromatic N) is 4. The number of rotatable bonds is 31. The molecular weight excluding hydrogens is 1580 g/mol. The number of aliphatic carboxylic acids is 3. The van der Waals surface area contributed by atoms with Crippen molar-refractivity contribution < 1.29 is 87.5 Å². The van der Waals surface area contributed by atoms with Crippen LogP contribution in [0.1, 0.15) is 54.9 Å².